The van der Waals surface area contributed by atoms with E-state index in [1.165, 1.54) is 18.5 Å². The molecule has 6 nitrogen and oxygen atoms in total. The zero-order chi connectivity index (χ0) is 13.8. The molecule has 19 heavy (non-hydrogen) atoms. The molecule has 0 saturated heterocycles. The normalized spacial score (nSPS) is 11.0. The van der Waals surface area contributed by atoms with Gasteiger partial charge >= 0.3 is 0 Å². The molecule has 0 atom stereocenters. The third-order valence-corrected chi connectivity index (χ3v) is 2.54. The number of hydrogen-bond acceptors (Lipinski definition) is 5. The minimum absolute atomic E-state index is 0.0748. The van der Waals surface area contributed by atoms with Crippen LogP contribution in [-0.4, -0.2) is 11.1 Å². The van der Waals surface area contributed by atoms with Crippen LogP contribution in [0.4, 0.5) is 5.69 Å². The van der Waals surface area contributed by atoms with Gasteiger partial charge < -0.3 is 9.52 Å². The molecule has 0 N–H and O–H groups in total. The van der Waals surface area contributed by atoms with Gasteiger partial charge in [0.2, 0.25) is 0 Å². The summed E-state index contributed by atoms with van der Waals surface area (Å²) in [6.07, 6.45) is 2.76. The molecule has 0 unspecified atom stereocenters. The van der Waals surface area contributed by atoms with E-state index in [4.69, 9.17) is 16.0 Å². The molecule has 0 aliphatic heterocycles. The van der Waals surface area contributed by atoms with Crippen molar-refractivity contribution in [3.05, 3.63) is 57.0 Å². The van der Waals surface area contributed by atoms with Crippen molar-refractivity contribution in [2.75, 3.05) is 0 Å². The Kier molecular flexibility index (Phi) is 3.82. The van der Waals surface area contributed by atoms with Gasteiger partial charge in [0.05, 0.1) is 17.7 Å². The molecule has 0 fully saturated rings. The van der Waals surface area contributed by atoms with Gasteiger partial charge in [-0.2, -0.15) is 0 Å². The van der Waals surface area contributed by atoms with E-state index in [-0.39, 0.29) is 17.1 Å². The van der Waals surface area contributed by atoms with Crippen molar-refractivity contribution in [3.63, 3.8) is 0 Å². The maximum atomic E-state index is 11.7. The Morgan fingerprint density at radius 3 is 2.89 bits per heavy atom. The van der Waals surface area contributed by atoms with E-state index < -0.39 is 16.4 Å². The number of nitrogens with zero attached hydrogens (tertiary/aromatic N) is 2. The van der Waals surface area contributed by atoms with Crippen LogP contribution in [-0.2, 0) is 6.54 Å². The lowest BCUT2D eigenvalue weighted by molar-refractivity contribution is -0.398. The van der Waals surface area contributed by atoms with E-state index in [9.17, 15) is 15.2 Å². The molecule has 0 amide bonds. The fourth-order valence-electron chi connectivity index (χ4n) is 1.47. The highest BCUT2D eigenvalue weighted by atomic mass is 35.5. The van der Waals surface area contributed by atoms with Crippen LogP contribution in [0, 0.1) is 10.1 Å². The van der Waals surface area contributed by atoms with Crippen LogP contribution in [0.2, 0.25) is 5.02 Å². The van der Waals surface area contributed by atoms with Crippen molar-refractivity contribution in [2.45, 2.75) is 6.54 Å². The molecule has 0 spiro atoms. The predicted octanol–water partition coefficient (Wildman–Crippen LogP) is 2.53. The Bertz CT molecular complexity index is 623. The number of benzene rings is 1. The van der Waals surface area contributed by atoms with Gasteiger partial charge in [-0.15, -0.1) is 0 Å². The van der Waals surface area contributed by atoms with Crippen LogP contribution in [0.5, 0.6) is 5.75 Å². The molecule has 1 aromatic carbocycles. The number of rotatable bonds is 4. The molecule has 0 aliphatic carbocycles. The molecule has 1 aromatic heterocycles. The molecule has 1 heterocycles. The lowest BCUT2D eigenvalue weighted by Crippen LogP contribution is -2.02. The van der Waals surface area contributed by atoms with Crippen molar-refractivity contribution in [3.8, 4) is 5.75 Å². The topological polar surface area (TPSA) is 91.7 Å². The first-order valence-electron chi connectivity index (χ1n) is 5.25. The minimum atomic E-state index is -0.766. The summed E-state index contributed by atoms with van der Waals surface area (Å²) in [6, 6.07) is 5.81. The van der Waals surface area contributed by atoms with Gasteiger partial charge in [0.25, 0.3) is 5.69 Å². The van der Waals surface area contributed by atoms with Crippen molar-refractivity contribution in [2.24, 2.45) is 4.99 Å². The summed E-state index contributed by atoms with van der Waals surface area (Å²) >= 11 is 5.72. The number of aliphatic imine (C=N–C) groups is 1. The van der Waals surface area contributed by atoms with Gasteiger partial charge in [-0.3, -0.25) is 15.1 Å². The van der Waals surface area contributed by atoms with Crippen molar-refractivity contribution >= 4 is 23.5 Å². The zero-order valence-corrected chi connectivity index (χ0v) is 10.3. The number of nitro benzene ring substituents is 1. The summed E-state index contributed by atoms with van der Waals surface area (Å²) in [5, 5.41) is 22.5. The first-order chi connectivity index (χ1) is 9.08. The maximum Gasteiger partial charge on any atom is 0.263 e. The fourth-order valence-corrected chi connectivity index (χ4v) is 1.69. The van der Waals surface area contributed by atoms with E-state index in [1.54, 1.807) is 12.1 Å². The van der Waals surface area contributed by atoms with E-state index in [1.807, 2.05) is 0 Å². The van der Waals surface area contributed by atoms with Gasteiger partial charge in [-0.1, -0.05) is 11.6 Å². The van der Waals surface area contributed by atoms with Gasteiger partial charge in [-0.05, 0) is 29.5 Å². The minimum Gasteiger partial charge on any atom is -0.867 e. The number of halogens is 1. The van der Waals surface area contributed by atoms with Gasteiger partial charge in [0, 0.05) is 17.3 Å². The molecule has 98 valence electrons. The van der Waals surface area contributed by atoms with E-state index in [2.05, 4.69) is 4.99 Å². The van der Waals surface area contributed by atoms with Gasteiger partial charge in [0.1, 0.15) is 5.76 Å². The largest absolute Gasteiger partial charge is 0.867 e. The van der Waals surface area contributed by atoms with Gasteiger partial charge in [0.15, 0.2) is 0 Å². The second-order valence-corrected chi connectivity index (χ2v) is 4.09. The number of furan rings is 1. The Labute approximate surface area is 113 Å². The Balaban J connectivity index is 2.24. The third-order valence-electron chi connectivity index (χ3n) is 2.32. The Morgan fingerprint density at radius 2 is 2.26 bits per heavy atom. The molecule has 0 aliphatic rings. The standard InChI is InChI=1S/C12H9ClN2O4/c13-9-4-8(12(16)11(5-9)15(17)18)6-14-7-10-2-1-3-19-10/h1-6,16H,7H2/p-1. The maximum absolute atomic E-state index is 11.7. The summed E-state index contributed by atoms with van der Waals surface area (Å²) in [5.74, 6) is -0.0854. The molecule has 0 saturated carbocycles. The lowest BCUT2D eigenvalue weighted by atomic mass is 10.2. The van der Waals surface area contributed by atoms with Crippen molar-refractivity contribution in [1.82, 2.24) is 0 Å². The quantitative estimate of drug-likeness (QED) is 0.488. The van der Waals surface area contributed by atoms with Crippen LogP contribution in [0.15, 0.2) is 39.9 Å². The van der Waals surface area contributed by atoms with Crippen LogP contribution >= 0.6 is 11.6 Å². The van der Waals surface area contributed by atoms with Crippen LogP contribution < -0.4 is 5.11 Å². The first-order valence-corrected chi connectivity index (χ1v) is 5.63. The SMILES string of the molecule is O=[N+]([O-])c1cc(Cl)cc(C=NCc2ccco2)c1[O-]. The van der Waals surface area contributed by atoms with Crippen LogP contribution in [0.25, 0.3) is 0 Å². The summed E-state index contributed by atoms with van der Waals surface area (Å²) < 4.78 is 5.06. The smallest absolute Gasteiger partial charge is 0.263 e. The summed E-state index contributed by atoms with van der Waals surface area (Å²) in [4.78, 5) is 13.9. The third kappa shape index (κ3) is 3.11. The zero-order valence-electron chi connectivity index (χ0n) is 9.58. The molecule has 0 radical (unpaired) electrons. The first kappa shape index (κ1) is 13.1. The fraction of sp³-hybridized carbons (Fsp3) is 0.0833. The highest BCUT2D eigenvalue weighted by Gasteiger charge is 2.11. The Hall–Kier alpha value is -2.34. The predicted molar refractivity (Wildman–Crippen MR) is 67.6 cm³/mol. The molecule has 2 rings (SSSR count). The monoisotopic (exact) mass is 279 g/mol. The van der Waals surface area contributed by atoms with E-state index in [0.29, 0.717) is 5.76 Å². The van der Waals surface area contributed by atoms with E-state index >= 15 is 0 Å². The average molecular weight is 280 g/mol. The molecule has 0 bridgehead atoms. The number of nitro groups is 1. The van der Waals surface area contributed by atoms with Crippen molar-refractivity contribution < 1.29 is 14.4 Å². The molecule has 7 heteroatoms. The second-order valence-electron chi connectivity index (χ2n) is 3.65. The highest BCUT2D eigenvalue weighted by Crippen LogP contribution is 2.29. The number of hydrogen-bond donors (Lipinski definition) is 0. The molecular formula is C12H8ClN2O4-. The highest BCUT2D eigenvalue weighted by molar-refractivity contribution is 6.31. The summed E-state index contributed by atoms with van der Waals surface area (Å²) in [6.45, 7) is 0.243. The van der Waals surface area contributed by atoms with Crippen LogP contribution in [0.1, 0.15) is 11.3 Å². The Morgan fingerprint density at radius 1 is 1.47 bits per heavy atom. The molecular weight excluding hydrogens is 272 g/mol. The lowest BCUT2D eigenvalue weighted by Gasteiger charge is -2.10. The van der Waals surface area contributed by atoms with Crippen molar-refractivity contribution in [1.29, 1.82) is 0 Å². The van der Waals surface area contributed by atoms with E-state index in [0.717, 1.165) is 6.07 Å². The summed E-state index contributed by atoms with van der Waals surface area (Å²) in [5.41, 5.74) is -0.488. The second kappa shape index (κ2) is 5.53. The van der Waals surface area contributed by atoms with Crippen LogP contribution in [0.3, 0.4) is 0 Å². The van der Waals surface area contributed by atoms with Gasteiger partial charge in [-0.25, -0.2) is 0 Å². The summed E-state index contributed by atoms with van der Waals surface area (Å²) in [7, 11) is 0. The molecule has 2 aromatic rings. The average Bonchev–Trinajstić information content (AvgIpc) is 2.86.